The minimum atomic E-state index is -6.18. The van der Waals surface area contributed by atoms with Crippen molar-refractivity contribution in [1.29, 1.82) is 0 Å². The third-order valence-corrected chi connectivity index (χ3v) is 28.7. The van der Waals surface area contributed by atoms with Crippen molar-refractivity contribution in [3.63, 3.8) is 0 Å². The van der Waals surface area contributed by atoms with Gasteiger partial charge in [-0.15, -0.1) is 0 Å². The Morgan fingerprint density at radius 2 is 0.629 bits per heavy atom. The highest BCUT2D eigenvalue weighted by Gasteiger charge is 2.54. The largest absolute Gasteiger partial charge is 0.790 e. The number of rotatable bonds is 99. The minimum Gasteiger partial charge on any atom is -0.790 e. The summed E-state index contributed by atoms with van der Waals surface area (Å²) in [6.07, 6.45) is 49.8. The number of carbonyl (C=O) groups excluding carboxylic acids is 6. The molecule has 2 saturated heterocycles. The van der Waals surface area contributed by atoms with Crippen molar-refractivity contribution < 1.29 is 130 Å². The fourth-order valence-corrected chi connectivity index (χ4v) is 20.2. The number of ether oxygens (including phenoxy) is 8. The van der Waals surface area contributed by atoms with Gasteiger partial charge in [0.25, 0.3) is 0 Å². The quantitative estimate of drug-likeness (QED) is 0.0129. The first kappa shape index (κ1) is 133. The summed E-state index contributed by atoms with van der Waals surface area (Å²) in [5, 5.41) is 62.5. The lowest BCUT2D eigenvalue weighted by molar-refractivity contribution is -0.364. The molecule has 826 valence electrons. The molecule has 29 nitrogen and oxygen atoms in total. The Bertz CT molecular complexity index is 3060. The second kappa shape index (κ2) is 88.6. The number of aliphatic hydroxyl groups excluding tert-OH is 5. The molecule has 0 bridgehead atoms. The number of aliphatic hydroxyl groups is 5. The fourth-order valence-electron chi connectivity index (χ4n) is 19.2. The highest BCUT2D eigenvalue weighted by atomic mass is 31.2. The lowest BCUT2D eigenvalue weighted by atomic mass is 9.95. The van der Waals surface area contributed by atoms with E-state index < -0.39 is 170 Å². The van der Waals surface area contributed by atoms with Gasteiger partial charge in [-0.25, -0.2) is 0 Å². The van der Waals surface area contributed by atoms with Gasteiger partial charge in [-0.1, -0.05) is 439 Å². The number of unbranched alkanes of at least 4 members (excludes halogenated alkanes) is 62. The van der Waals surface area contributed by atoms with Crippen LogP contribution >= 0.6 is 15.6 Å². The van der Waals surface area contributed by atoms with Crippen LogP contribution < -0.4 is 30.2 Å². The van der Waals surface area contributed by atoms with Crippen LogP contribution in [0.15, 0.2) is 0 Å². The third-order valence-electron chi connectivity index (χ3n) is 27.8. The van der Waals surface area contributed by atoms with E-state index in [4.69, 9.17) is 46.9 Å². The van der Waals surface area contributed by atoms with Crippen LogP contribution in [0.5, 0.6) is 0 Å². The molecule has 1 unspecified atom stereocenters. The van der Waals surface area contributed by atoms with Gasteiger partial charge in [0.2, 0.25) is 11.8 Å². The molecule has 0 aliphatic carbocycles. The summed E-state index contributed by atoms with van der Waals surface area (Å²) >= 11 is 0. The maximum atomic E-state index is 15.1. The molecule has 0 aromatic rings. The van der Waals surface area contributed by atoms with Gasteiger partial charge in [0.15, 0.2) is 24.8 Å². The van der Waals surface area contributed by atoms with Crippen LogP contribution in [0.4, 0.5) is 0 Å². The standard InChI is InChI=1S/C109H208N2O27P2/c1-8-12-16-20-24-28-30-43-48-54-60-64-70-76-90(113)82-96(116)110-102-106(135-100(120)83-91(114)77-71-65-58-51-26-22-18-14-10-3)104(122)95(134-109(102)138-140(126,127)128)87-130-108-103(107(105(94(86-112)133-108)137-139(123,124)125)136-101(121)84-92(115)78-72-66-59-52-27-23-19-15-11-4)111-97(117)85-93(79-73-67-61-55-49-44-31-29-25-21-17-13-9-2)132-98(118)80-74-68-62-56-50-46-42-40-38-36-34-32-33-35-37-39-41-45-47-53-57-63-69-75-88(5)131-99(119)81-89(6)129-7/h88-95,102-109,112-115,122H,8-87H2,1-7H3,(H,110,116)(H,111,117)(H2,123,124,125)(H2,126,127,128)/p-4/t88-,89?,90-,91-,92-,93-,94-,95-,102-,103-,104-,105-,106-,107-,108-,109-/m1/s1. The van der Waals surface area contributed by atoms with E-state index >= 15 is 4.79 Å². The Hall–Kier alpha value is -3.32. The second-order valence-corrected chi connectivity index (χ2v) is 43.4. The smallest absolute Gasteiger partial charge is 0.308 e. The van der Waals surface area contributed by atoms with Crippen molar-refractivity contribution in [3.05, 3.63) is 0 Å². The topological polar surface area (TPSA) is 446 Å². The van der Waals surface area contributed by atoms with Crippen LogP contribution in [-0.4, -0.2) is 179 Å². The van der Waals surface area contributed by atoms with Gasteiger partial charge in [0.1, 0.15) is 42.6 Å². The zero-order chi connectivity index (χ0) is 103. The molecule has 2 fully saturated rings. The molecule has 16 atom stereocenters. The maximum Gasteiger partial charge on any atom is 0.308 e. The SMILES string of the molecule is CCCCCCCCCCCCCCC[C@@H](O)CC(=O)N[C@H]1[C@@H](OP(=O)([O-])[O-])O[C@H](CO[C@@H]2O[C@H](CO)[C@@H](OP(=O)([O-])[O-])[C@H](OC(=O)C[C@H](O)CCCCCCCCCCC)[C@H]2NC(=O)C[C@@H](CCCCCCCCCCCCCCC)OC(=O)CCCCCCCCCCCCCCCCCCCCCCCCC[C@@H](C)OC(=O)CC(C)OC)[C@@H](O)[C@@H]1OC(=O)C[C@H](O)CCCCCCCCCCC. The predicted molar refractivity (Wildman–Crippen MR) is 544 cm³/mol. The van der Waals surface area contributed by atoms with Crippen molar-refractivity contribution in [1.82, 2.24) is 10.6 Å². The molecule has 0 aromatic heterocycles. The van der Waals surface area contributed by atoms with E-state index in [1.807, 2.05) is 13.8 Å². The monoisotopic (exact) mass is 2040 g/mol. The molecule has 31 heteroatoms. The number of carbonyl (C=O) groups is 6. The fraction of sp³-hybridized carbons (Fsp3) is 0.945. The molecule has 0 radical (unpaired) electrons. The van der Waals surface area contributed by atoms with E-state index in [9.17, 15) is 78.2 Å². The van der Waals surface area contributed by atoms with Crippen molar-refractivity contribution in [2.75, 3.05) is 20.3 Å². The molecule has 0 spiro atoms. The molecule has 2 aliphatic heterocycles. The Balaban J connectivity index is 2.43. The number of phosphoric ester groups is 2. The van der Waals surface area contributed by atoms with E-state index in [0.29, 0.717) is 32.1 Å². The van der Waals surface area contributed by atoms with Crippen LogP contribution in [0.2, 0.25) is 0 Å². The van der Waals surface area contributed by atoms with Gasteiger partial charge in [-0.2, -0.15) is 0 Å². The first-order chi connectivity index (χ1) is 67.6. The zero-order valence-electron chi connectivity index (χ0n) is 88.9. The molecular formula is C109H204N2O27P2-4. The number of methoxy groups -OCH3 is 1. The van der Waals surface area contributed by atoms with Gasteiger partial charge in [-0.05, 0) is 65.2 Å². The Morgan fingerprint density at radius 3 is 0.971 bits per heavy atom. The number of amides is 2. The van der Waals surface area contributed by atoms with Gasteiger partial charge in [-0.3, -0.25) is 28.8 Å². The van der Waals surface area contributed by atoms with E-state index in [1.54, 1.807) is 7.11 Å². The van der Waals surface area contributed by atoms with Crippen LogP contribution in [0, 0.1) is 0 Å². The lowest BCUT2D eigenvalue weighted by Crippen LogP contribution is -2.68. The predicted octanol–water partition coefficient (Wildman–Crippen LogP) is 22.1. The van der Waals surface area contributed by atoms with Gasteiger partial charge >= 0.3 is 23.9 Å². The second-order valence-electron chi connectivity index (χ2n) is 41.2. The van der Waals surface area contributed by atoms with E-state index in [2.05, 4.69) is 38.3 Å². The van der Waals surface area contributed by atoms with Crippen LogP contribution in [0.1, 0.15) is 542 Å². The molecule has 140 heavy (non-hydrogen) atoms. The number of hydrogen-bond acceptors (Lipinski definition) is 27. The average Bonchev–Trinajstić information content (AvgIpc) is 0.777. The Kier molecular flexibility index (Phi) is 84.0. The first-order valence-corrected chi connectivity index (χ1v) is 60.0. The van der Waals surface area contributed by atoms with E-state index in [1.165, 1.54) is 186 Å². The number of phosphoric acid groups is 2. The van der Waals surface area contributed by atoms with Gasteiger partial charge < -0.3 is 112 Å². The molecule has 2 amide bonds. The highest BCUT2D eigenvalue weighted by molar-refractivity contribution is 7.43. The number of esters is 4. The molecule has 0 saturated carbocycles. The van der Waals surface area contributed by atoms with Crippen LogP contribution in [-0.2, 0) is 84.8 Å². The van der Waals surface area contributed by atoms with Crippen molar-refractivity contribution in [2.24, 2.45) is 0 Å². The Labute approximate surface area is 848 Å². The minimum absolute atomic E-state index is 0.0514. The Morgan fingerprint density at radius 1 is 0.329 bits per heavy atom. The van der Waals surface area contributed by atoms with Gasteiger partial charge in [0, 0.05) is 13.5 Å². The maximum absolute atomic E-state index is 15.1. The van der Waals surface area contributed by atoms with Gasteiger partial charge in [0.05, 0.1) is 91.5 Å². The summed E-state index contributed by atoms with van der Waals surface area (Å²) < 4.78 is 82.9. The third kappa shape index (κ3) is 74.5. The highest BCUT2D eigenvalue weighted by Crippen LogP contribution is 2.40. The van der Waals surface area contributed by atoms with Crippen molar-refractivity contribution in [2.45, 2.75) is 640 Å². The zero-order valence-corrected chi connectivity index (χ0v) is 90.7. The number of hydrogen-bond donors (Lipinski definition) is 7. The molecule has 2 aliphatic rings. The summed E-state index contributed by atoms with van der Waals surface area (Å²) in [4.78, 5) is 135. The molecular weight excluding hydrogens is 1830 g/mol. The van der Waals surface area contributed by atoms with E-state index in [-0.39, 0.29) is 56.7 Å². The summed E-state index contributed by atoms with van der Waals surface area (Å²) in [7, 11) is -10.7. The normalized spacial score (nSPS) is 19.8. The summed E-state index contributed by atoms with van der Waals surface area (Å²) in [6, 6.07) is -4.00. The average molecular weight is 2040 g/mol. The summed E-state index contributed by atoms with van der Waals surface area (Å²) in [5.74, 6) is -4.91. The first-order valence-electron chi connectivity index (χ1n) is 57.1. The van der Waals surface area contributed by atoms with Crippen LogP contribution in [0.25, 0.3) is 0 Å². The molecule has 2 heterocycles. The van der Waals surface area contributed by atoms with Crippen molar-refractivity contribution >= 4 is 51.3 Å². The molecule has 0 aromatic carbocycles. The lowest BCUT2D eigenvalue weighted by Gasteiger charge is -2.49. The molecule has 7 N–H and O–H groups in total. The summed E-state index contributed by atoms with van der Waals surface area (Å²) in [6.45, 7) is 10.3. The molecule has 2 rings (SSSR count). The van der Waals surface area contributed by atoms with Crippen molar-refractivity contribution in [3.8, 4) is 0 Å². The van der Waals surface area contributed by atoms with E-state index in [0.717, 1.165) is 218 Å². The van der Waals surface area contributed by atoms with Crippen LogP contribution in [0.3, 0.4) is 0 Å². The summed E-state index contributed by atoms with van der Waals surface area (Å²) in [5.41, 5.74) is 0. The number of nitrogens with one attached hydrogen (secondary N) is 2.